The molecule has 1 amide bonds. The number of amides is 1. The van der Waals surface area contributed by atoms with Crippen molar-refractivity contribution in [3.63, 3.8) is 0 Å². The van der Waals surface area contributed by atoms with E-state index in [4.69, 9.17) is 17.3 Å². The number of rotatable bonds is 16. The molecule has 0 radical (unpaired) electrons. The molecule has 59 heavy (non-hydrogen) atoms. The van der Waals surface area contributed by atoms with Gasteiger partial charge in [0, 0.05) is 41.7 Å². The number of carboxylic acids is 2. The van der Waals surface area contributed by atoms with Gasteiger partial charge in [0.05, 0.1) is 4.53 Å². The summed E-state index contributed by atoms with van der Waals surface area (Å²) in [5, 5.41) is 18.6. The van der Waals surface area contributed by atoms with Gasteiger partial charge in [0.1, 0.15) is 20.4 Å². The Bertz CT molecular complexity index is 2520. The smallest absolute Gasteiger partial charge is 0.323 e. The van der Waals surface area contributed by atoms with E-state index in [0.717, 1.165) is 106 Å². The van der Waals surface area contributed by atoms with Crippen LogP contribution in [0.2, 0.25) is 0 Å². The Kier molecular flexibility index (Phi) is 12.0. The van der Waals surface area contributed by atoms with E-state index in [9.17, 15) is 24.3 Å². The molecule has 4 aromatic rings. The van der Waals surface area contributed by atoms with Crippen molar-refractivity contribution in [1.29, 1.82) is 0 Å². The van der Waals surface area contributed by atoms with Crippen LogP contribution in [0.4, 0.5) is 11.4 Å². The lowest BCUT2D eigenvalue weighted by Crippen LogP contribution is -2.35. The fraction of sp³-hybridized carbons (Fsp3) is 0.426. The van der Waals surface area contributed by atoms with Gasteiger partial charge < -0.3 is 15.1 Å². The SMILES string of the molecule is CC1(C)c2ccccc2-c2ccc(N3c4ccc(/C=c5/s/c(=C6/SC(=S)N(CCCCCCCCCCCC(=O)O)C6=O)n(CC(=O)O)c5=O)cc4C4CCCC43)cc21. The Morgan fingerprint density at radius 3 is 2.31 bits per heavy atom. The lowest BCUT2D eigenvalue weighted by atomic mass is 9.82. The molecule has 2 atom stereocenters. The van der Waals surface area contributed by atoms with Crippen LogP contribution < -0.4 is 19.7 Å². The maximum Gasteiger partial charge on any atom is 0.323 e. The number of carbonyl (C=O) groups excluding carboxylic acids is 1. The largest absolute Gasteiger partial charge is 0.481 e. The Morgan fingerprint density at radius 1 is 0.847 bits per heavy atom. The molecule has 2 aliphatic carbocycles. The first kappa shape index (κ1) is 41.2. The van der Waals surface area contributed by atoms with Crippen LogP contribution in [0.5, 0.6) is 0 Å². The van der Waals surface area contributed by atoms with E-state index in [1.165, 1.54) is 43.8 Å². The van der Waals surface area contributed by atoms with Crippen molar-refractivity contribution in [1.82, 2.24) is 9.47 Å². The molecule has 2 aliphatic heterocycles. The second-order valence-electron chi connectivity index (χ2n) is 16.9. The first-order chi connectivity index (χ1) is 28.4. The van der Waals surface area contributed by atoms with Crippen LogP contribution in [-0.2, 0) is 26.3 Å². The van der Waals surface area contributed by atoms with E-state index in [2.05, 4.69) is 73.3 Å². The highest BCUT2D eigenvalue weighted by Crippen LogP contribution is 2.55. The molecule has 1 aromatic heterocycles. The lowest BCUT2D eigenvalue weighted by Gasteiger charge is -2.29. The third-order valence-electron chi connectivity index (χ3n) is 12.7. The van der Waals surface area contributed by atoms with Crippen LogP contribution in [-0.4, -0.2) is 54.4 Å². The molecule has 12 heteroatoms. The van der Waals surface area contributed by atoms with Crippen LogP contribution in [0.1, 0.15) is 125 Å². The molecule has 0 bridgehead atoms. The number of benzene rings is 3. The van der Waals surface area contributed by atoms with Gasteiger partial charge in [-0.05, 0) is 89.4 Å². The van der Waals surface area contributed by atoms with Crippen LogP contribution in [0.15, 0.2) is 65.5 Å². The Labute approximate surface area is 358 Å². The number of unbranched alkanes of at least 4 members (excludes halogenated alkanes) is 8. The van der Waals surface area contributed by atoms with Crippen LogP contribution in [0.3, 0.4) is 0 Å². The van der Waals surface area contributed by atoms with Crippen molar-refractivity contribution in [2.75, 3.05) is 11.4 Å². The van der Waals surface area contributed by atoms with Crippen LogP contribution in [0, 0.1) is 0 Å². The number of carbonyl (C=O) groups is 3. The van der Waals surface area contributed by atoms with Crippen molar-refractivity contribution < 1.29 is 24.6 Å². The zero-order valence-corrected chi connectivity index (χ0v) is 36.2. The van der Waals surface area contributed by atoms with Gasteiger partial charge in [0.2, 0.25) is 0 Å². The maximum atomic E-state index is 13.9. The minimum Gasteiger partial charge on any atom is -0.481 e. The third-order valence-corrected chi connectivity index (χ3v) is 15.4. The average Bonchev–Trinajstić information content (AvgIpc) is 3.99. The molecule has 2 N–H and O–H groups in total. The fourth-order valence-corrected chi connectivity index (χ4v) is 12.3. The molecule has 308 valence electrons. The summed E-state index contributed by atoms with van der Waals surface area (Å²) in [7, 11) is 0. The lowest BCUT2D eigenvalue weighted by molar-refractivity contribution is -0.138. The molecular formula is C47H51N3O6S3. The van der Waals surface area contributed by atoms with Gasteiger partial charge in [-0.1, -0.05) is 126 Å². The molecule has 3 heterocycles. The second-order valence-corrected chi connectivity index (χ2v) is 19.5. The first-order valence-corrected chi connectivity index (χ1v) is 23.1. The summed E-state index contributed by atoms with van der Waals surface area (Å²) < 4.78 is 2.34. The normalized spacial score (nSPS) is 20.0. The summed E-state index contributed by atoms with van der Waals surface area (Å²) in [5.41, 5.74) is 9.35. The number of hydrogen-bond acceptors (Lipinski definition) is 8. The zero-order valence-electron chi connectivity index (χ0n) is 33.7. The second kappa shape index (κ2) is 17.2. The fourth-order valence-electron chi connectivity index (χ4n) is 9.76. The molecular weight excluding hydrogens is 799 g/mol. The monoisotopic (exact) mass is 849 g/mol. The number of thioether (sulfide) groups is 1. The van der Waals surface area contributed by atoms with E-state index in [0.29, 0.717) is 36.9 Å². The summed E-state index contributed by atoms with van der Waals surface area (Å²) >= 11 is 7.93. The van der Waals surface area contributed by atoms with Crippen molar-refractivity contribution >= 4 is 79.8 Å². The average molecular weight is 850 g/mol. The standard InChI is InChI=1S/C47H51N3O6S3/c1-47(2)35-17-12-11-15-31(35)32-22-21-30(27-36(32)47)50-37-18-14-16-33(37)34-25-29(20-23-38(34)50)26-39-43(55)49(28-41(53)54)45(58-39)42-44(56)48(46(57)59-42)24-13-9-7-5-3-4-6-8-10-19-40(51)52/h11-12,15,17,20-23,25-27,33,37H,3-10,13-14,16,18-19,24,28H2,1-2H3,(H,51,52)(H,53,54)/b39-26+,45-42+. The quantitative estimate of drug-likeness (QED) is 0.0842. The minimum atomic E-state index is -1.16. The number of thiazole rings is 1. The van der Waals surface area contributed by atoms with E-state index < -0.39 is 24.0 Å². The van der Waals surface area contributed by atoms with Crippen molar-refractivity contribution in [3.8, 4) is 11.1 Å². The van der Waals surface area contributed by atoms with Crippen molar-refractivity contribution in [2.45, 2.75) is 121 Å². The molecule has 4 aliphatic rings. The van der Waals surface area contributed by atoms with Gasteiger partial charge in [-0.25, -0.2) is 0 Å². The van der Waals surface area contributed by atoms with E-state index in [1.807, 2.05) is 12.1 Å². The molecule has 3 aromatic carbocycles. The predicted molar refractivity (Wildman–Crippen MR) is 241 cm³/mol. The summed E-state index contributed by atoms with van der Waals surface area (Å²) in [5.74, 6) is -1.80. The predicted octanol–water partition coefficient (Wildman–Crippen LogP) is 8.87. The van der Waals surface area contributed by atoms with Crippen molar-refractivity contribution in [3.05, 3.63) is 102 Å². The number of aliphatic carboxylic acids is 2. The number of hydrogen-bond donors (Lipinski definition) is 2. The third kappa shape index (κ3) is 8.08. The highest BCUT2D eigenvalue weighted by molar-refractivity contribution is 8.30. The van der Waals surface area contributed by atoms with E-state index >= 15 is 0 Å². The zero-order chi connectivity index (χ0) is 41.4. The molecule has 2 unspecified atom stereocenters. The van der Waals surface area contributed by atoms with Gasteiger partial charge in [-0.15, -0.1) is 11.3 Å². The molecule has 2 fully saturated rings. The molecule has 8 rings (SSSR count). The maximum absolute atomic E-state index is 13.9. The van der Waals surface area contributed by atoms with Crippen LogP contribution >= 0.6 is 35.3 Å². The number of fused-ring (bicyclic) bond motifs is 6. The highest BCUT2D eigenvalue weighted by Gasteiger charge is 2.43. The van der Waals surface area contributed by atoms with E-state index in [1.54, 1.807) is 4.90 Å². The topological polar surface area (TPSA) is 120 Å². The first-order valence-electron chi connectivity index (χ1n) is 21.0. The number of aromatic nitrogens is 1. The van der Waals surface area contributed by atoms with Crippen molar-refractivity contribution in [2.24, 2.45) is 0 Å². The number of thiocarbonyl (C=S) groups is 1. The van der Waals surface area contributed by atoms with E-state index in [-0.39, 0.29) is 17.7 Å². The van der Waals surface area contributed by atoms with Gasteiger partial charge in [0.15, 0.2) is 0 Å². The summed E-state index contributed by atoms with van der Waals surface area (Å²) in [6, 6.07) is 22.4. The number of nitrogens with zero attached hydrogens (tertiary/aromatic N) is 3. The Morgan fingerprint density at radius 2 is 1.56 bits per heavy atom. The van der Waals surface area contributed by atoms with Gasteiger partial charge in [0.25, 0.3) is 11.5 Å². The van der Waals surface area contributed by atoms with Gasteiger partial charge in [-0.3, -0.25) is 28.6 Å². The molecule has 9 nitrogen and oxygen atoms in total. The molecule has 1 saturated heterocycles. The minimum absolute atomic E-state index is 0.0941. The van der Waals surface area contributed by atoms with Crippen LogP contribution in [0.25, 0.3) is 22.1 Å². The Balaban J connectivity index is 1.01. The molecule has 1 saturated carbocycles. The van der Waals surface area contributed by atoms with Gasteiger partial charge in [-0.2, -0.15) is 0 Å². The highest BCUT2D eigenvalue weighted by atomic mass is 32.2. The summed E-state index contributed by atoms with van der Waals surface area (Å²) in [6.45, 7) is 4.55. The Hall–Kier alpha value is -4.52. The van der Waals surface area contributed by atoms with Gasteiger partial charge >= 0.3 is 11.9 Å². The molecule has 0 spiro atoms. The summed E-state index contributed by atoms with van der Waals surface area (Å²) in [6.07, 6.45) is 14.2. The summed E-state index contributed by atoms with van der Waals surface area (Å²) in [4.78, 5) is 54.8. The number of carboxylic acid groups (broad SMARTS) is 2. The number of anilines is 2.